The Balaban J connectivity index is 1.05. The molecule has 1 aromatic heterocycles. The summed E-state index contributed by atoms with van der Waals surface area (Å²) in [6.07, 6.45) is -0.467. The topological polar surface area (TPSA) is 150 Å². The van der Waals surface area contributed by atoms with E-state index in [9.17, 15) is 14.7 Å². The number of nitrogens with one attached hydrogen (secondary N) is 2. The molecule has 0 aliphatic carbocycles. The number of hydrogen-bond acceptors (Lipinski definition) is 11. The quantitative estimate of drug-likeness (QED) is 0.243. The largest absolute Gasteiger partial charge is 0.443 e. The first kappa shape index (κ1) is 33.4. The number of ether oxygens (including phenoxy) is 6. The Morgan fingerprint density at radius 1 is 0.816 bits per heavy atom. The Morgan fingerprint density at radius 2 is 1.47 bits per heavy atom. The van der Waals surface area contributed by atoms with Crippen LogP contribution in [0.3, 0.4) is 0 Å². The van der Waals surface area contributed by atoms with Gasteiger partial charge in [0.15, 0.2) is 12.6 Å². The SMILES string of the molecule is O=C(N[C@@H](Cc1ccccc1)[C@@H](O)CN(Cc1ccc(-c2ccccn2)cc1)NC(=O)O[C@H]1CO[C@H]2OCC[C@H]21)O[C@H]1CO[C@H]2OCC[C@H]21. The third-order valence-electron chi connectivity index (χ3n) is 9.50. The van der Waals surface area contributed by atoms with Crippen molar-refractivity contribution in [2.45, 2.75) is 62.7 Å². The van der Waals surface area contributed by atoms with Crippen LogP contribution in [0.2, 0.25) is 0 Å². The first-order chi connectivity index (χ1) is 24.0. The lowest BCUT2D eigenvalue weighted by Crippen LogP contribution is -2.54. The number of benzene rings is 2. The van der Waals surface area contributed by atoms with Gasteiger partial charge in [0.2, 0.25) is 0 Å². The Labute approximate surface area is 284 Å². The number of amides is 2. The molecule has 7 rings (SSSR count). The molecule has 3 N–H and O–H groups in total. The van der Waals surface area contributed by atoms with Crippen LogP contribution in [0.15, 0.2) is 79.0 Å². The maximum absolute atomic E-state index is 13.3. The normalized spacial score (nSPS) is 26.9. The molecule has 8 atom stereocenters. The predicted octanol–water partition coefficient (Wildman–Crippen LogP) is 3.41. The van der Waals surface area contributed by atoms with E-state index in [1.54, 1.807) is 11.2 Å². The summed E-state index contributed by atoms with van der Waals surface area (Å²) in [5.74, 6) is -0.0416. The van der Waals surface area contributed by atoms with Gasteiger partial charge >= 0.3 is 12.2 Å². The molecule has 13 nitrogen and oxygen atoms in total. The van der Waals surface area contributed by atoms with E-state index in [2.05, 4.69) is 15.7 Å². The molecule has 4 aliphatic heterocycles. The standard InChI is InChI=1S/C36H42N4O9/c41-30(29(18-23-6-2-1-3-7-23)38-35(42)48-31-21-46-33-26(31)13-16-44-33)20-40(39-36(43)49-32-22-47-34-27(32)14-17-45-34)19-24-9-11-25(12-10-24)28-8-4-5-15-37-28/h1-12,15,26-27,29-34,41H,13-14,16-22H2,(H,38,42)(H,39,43)/t26-,27-,29-,30-,31-,32-,33+,34+/m0/s1. The minimum atomic E-state index is -1.12. The van der Waals surface area contributed by atoms with Gasteiger partial charge in [-0.05, 0) is 42.5 Å². The summed E-state index contributed by atoms with van der Waals surface area (Å²) in [5, 5.41) is 16.2. The van der Waals surface area contributed by atoms with Crippen molar-refractivity contribution >= 4 is 12.2 Å². The van der Waals surface area contributed by atoms with Crippen molar-refractivity contribution in [3.05, 3.63) is 90.1 Å². The summed E-state index contributed by atoms with van der Waals surface area (Å²) >= 11 is 0. The highest BCUT2D eigenvalue weighted by atomic mass is 16.7. The van der Waals surface area contributed by atoms with Gasteiger partial charge in [0.25, 0.3) is 0 Å². The summed E-state index contributed by atoms with van der Waals surface area (Å²) in [7, 11) is 0. The lowest BCUT2D eigenvalue weighted by molar-refractivity contribution is -0.0909. The van der Waals surface area contributed by atoms with Crippen molar-refractivity contribution in [3.63, 3.8) is 0 Å². The van der Waals surface area contributed by atoms with Crippen molar-refractivity contribution in [2.24, 2.45) is 11.8 Å². The van der Waals surface area contributed by atoms with E-state index in [0.29, 0.717) is 19.6 Å². The number of carbonyl (C=O) groups is 2. The van der Waals surface area contributed by atoms with Crippen molar-refractivity contribution in [3.8, 4) is 11.3 Å². The third-order valence-corrected chi connectivity index (χ3v) is 9.50. The summed E-state index contributed by atoms with van der Waals surface area (Å²) in [4.78, 5) is 30.9. The number of aliphatic hydroxyl groups excluding tert-OH is 1. The van der Waals surface area contributed by atoms with Crippen LogP contribution in [-0.4, -0.2) is 97.2 Å². The van der Waals surface area contributed by atoms with Crippen LogP contribution in [-0.2, 0) is 41.4 Å². The molecular formula is C36H42N4O9. The molecule has 0 saturated carbocycles. The molecule has 2 aromatic carbocycles. The highest BCUT2D eigenvalue weighted by molar-refractivity contribution is 5.68. The zero-order valence-corrected chi connectivity index (χ0v) is 27.1. The van der Waals surface area contributed by atoms with Crippen molar-refractivity contribution in [1.82, 2.24) is 20.7 Å². The number of pyridine rings is 1. The Kier molecular flexibility index (Phi) is 10.6. The number of fused-ring (bicyclic) bond motifs is 2. The smallest absolute Gasteiger partial charge is 0.422 e. The number of alkyl carbamates (subject to hydrolysis) is 1. The van der Waals surface area contributed by atoms with Crippen LogP contribution in [0.25, 0.3) is 11.3 Å². The third kappa shape index (κ3) is 8.38. The lowest BCUT2D eigenvalue weighted by Gasteiger charge is -2.31. The van der Waals surface area contributed by atoms with Crippen molar-refractivity contribution in [2.75, 3.05) is 33.0 Å². The van der Waals surface area contributed by atoms with Crippen molar-refractivity contribution < 1.29 is 43.1 Å². The Bertz CT molecular complexity index is 1530. The molecular weight excluding hydrogens is 632 g/mol. The van der Waals surface area contributed by atoms with Gasteiger partial charge in [-0.3, -0.25) is 10.4 Å². The number of rotatable bonds is 12. The minimum Gasteiger partial charge on any atom is -0.443 e. The molecule has 0 spiro atoms. The summed E-state index contributed by atoms with van der Waals surface area (Å²) in [5.41, 5.74) is 6.42. The fraction of sp³-hybridized carbons (Fsp3) is 0.472. The van der Waals surface area contributed by atoms with E-state index in [-0.39, 0.29) is 50.7 Å². The number of carbonyl (C=O) groups excluding carboxylic acids is 2. The zero-order valence-electron chi connectivity index (χ0n) is 27.1. The van der Waals surface area contributed by atoms with Crippen LogP contribution in [0.1, 0.15) is 24.0 Å². The molecule has 2 amide bonds. The molecule has 0 unspecified atom stereocenters. The maximum Gasteiger partial charge on any atom is 0.422 e. The van der Waals surface area contributed by atoms with Crippen LogP contribution in [0.4, 0.5) is 9.59 Å². The molecule has 49 heavy (non-hydrogen) atoms. The Morgan fingerprint density at radius 3 is 2.12 bits per heavy atom. The van der Waals surface area contributed by atoms with Gasteiger partial charge in [-0.15, -0.1) is 0 Å². The molecule has 0 bridgehead atoms. The van der Waals surface area contributed by atoms with E-state index in [4.69, 9.17) is 28.4 Å². The number of hydrazine groups is 1. The predicted molar refractivity (Wildman–Crippen MR) is 174 cm³/mol. The van der Waals surface area contributed by atoms with Gasteiger partial charge in [0, 0.05) is 24.8 Å². The first-order valence-corrected chi connectivity index (χ1v) is 16.9. The lowest BCUT2D eigenvalue weighted by atomic mass is 10.0. The summed E-state index contributed by atoms with van der Waals surface area (Å²) in [6, 6.07) is 22.4. The van der Waals surface area contributed by atoms with Gasteiger partial charge in [-0.25, -0.2) is 14.6 Å². The van der Waals surface area contributed by atoms with E-state index in [1.807, 2.05) is 72.8 Å². The Hall–Kier alpha value is -4.11. The van der Waals surface area contributed by atoms with Gasteiger partial charge in [0.05, 0.1) is 56.1 Å². The van der Waals surface area contributed by atoms with Gasteiger partial charge < -0.3 is 38.8 Å². The highest BCUT2D eigenvalue weighted by Crippen LogP contribution is 2.34. The maximum atomic E-state index is 13.3. The van der Waals surface area contributed by atoms with Gasteiger partial charge in [-0.2, -0.15) is 0 Å². The minimum absolute atomic E-state index is 0.0191. The zero-order chi connectivity index (χ0) is 33.6. The second-order valence-corrected chi connectivity index (χ2v) is 12.8. The second kappa shape index (κ2) is 15.6. The van der Waals surface area contributed by atoms with Crippen LogP contribution < -0.4 is 10.7 Å². The molecule has 13 heteroatoms. The summed E-state index contributed by atoms with van der Waals surface area (Å²) in [6.45, 7) is 1.85. The number of aromatic nitrogens is 1. The molecule has 5 heterocycles. The molecule has 4 fully saturated rings. The fourth-order valence-corrected chi connectivity index (χ4v) is 6.90. The number of nitrogens with zero attached hydrogens (tertiary/aromatic N) is 2. The molecule has 260 valence electrons. The van der Waals surface area contributed by atoms with E-state index >= 15 is 0 Å². The van der Waals surface area contributed by atoms with Gasteiger partial charge in [0.1, 0.15) is 12.2 Å². The fourth-order valence-electron chi connectivity index (χ4n) is 6.90. The molecule has 0 radical (unpaired) electrons. The van der Waals surface area contributed by atoms with Gasteiger partial charge in [-0.1, -0.05) is 60.7 Å². The number of hydrogen-bond donors (Lipinski definition) is 3. The second-order valence-electron chi connectivity index (χ2n) is 12.8. The summed E-state index contributed by atoms with van der Waals surface area (Å²) < 4.78 is 34.0. The monoisotopic (exact) mass is 674 g/mol. The van der Waals surface area contributed by atoms with Crippen LogP contribution in [0.5, 0.6) is 0 Å². The molecule has 4 saturated heterocycles. The van der Waals surface area contributed by atoms with Crippen molar-refractivity contribution in [1.29, 1.82) is 0 Å². The number of aliphatic hydroxyl groups is 1. The molecule has 4 aliphatic rings. The van der Waals surface area contributed by atoms with Crippen LogP contribution >= 0.6 is 0 Å². The van der Waals surface area contributed by atoms with E-state index in [0.717, 1.165) is 35.2 Å². The average molecular weight is 675 g/mol. The van der Waals surface area contributed by atoms with E-state index in [1.165, 1.54) is 0 Å². The highest BCUT2D eigenvalue weighted by Gasteiger charge is 2.45. The first-order valence-electron chi connectivity index (χ1n) is 16.9. The molecule has 3 aromatic rings. The average Bonchev–Trinajstić information content (AvgIpc) is 3.92. The van der Waals surface area contributed by atoms with Crippen LogP contribution in [0, 0.1) is 11.8 Å². The van der Waals surface area contributed by atoms with E-state index < -0.39 is 36.5 Å².